The first kappa shape index (κ1) is 13.5. The van der Waals surface area contributed by atoms with Gasteiger partial charge in [0.25, 0.3) is 0 Å². The van der Waals surface area contributed by atoms with Gasteiger partial charge in [0.15, 0.2) is 0 Å². The van der Waals surface area contributed by atoms with Crippen molar-refractivity contribution in [2.45, 2.75) is 37.3 Å². The number of carbonyl (C=O) groups is 2. The molecule has 4 rings (SSSR count). The first-order valence-electron chi connectivity index (χ1n) is 7.40. The molecule has 1 aliphatic carbocycles. The Morgan fingerprint density at radius 2 is 1.24 bits per heavy atom. The molecular weight excluding hydrogens is 280 g/mol. The summed E-state index contributed by atoms with van der Waals surface area (Å²) in [4.78, 5) is 23.4. The van der Waals surface area contributed by atoms with Gasteiger partial charge >= 0.3 is 11.9 Å². The van der Waals surface area contributed by atoms with Crippen LogP contribution in [-0.2, 0) is 23.8 Å². The van der Waals surface area contributed by atoms with E-state index in [9.17, 15) is 19.8 Å². The van der Waals surface area contributed by atoms with E-state index < -0.39 is 23.8 Å². The molecule has 7 nitrogen and oxygen atoms in total. The average molecular weight is 298 g/mol. The van der Waals surface area contributed by atoms with Gasteiger partial charge < -0.3 is 24.4 Å². The van der Waals surface area contributed by atoms with E-state index in [1.807, 2.05) is 0 Å². The Morgan fingerprint density at radius 3 is 1.52 bits per heavy atom. The van der Waals surface area contributed by atoms with Gasteiger partial charge in [-0.2, -0.15) is 0 Å². The maximum absolute atomic E-state index is 11.7. The van der Waals surface area contributed by atoms with E-state index in [2.05, 4.69) is 0 Å². The highest BCUT2D eigenvalue weighted by atomic mass is 16.6. The molecule has 0 bridgehead atoms. The van der Waals surface area contributed by atoms with Gasteiger partial charge in [0, 0.05) is 11.8 Å². The van der Waals surface area contributed by atoms with Crippen LogP contribution in [0.4, 0.5) is 0 Å². The third-order valence-electron chi connectivity index (χ3n) is 5.16. The second-order valence-electron chi connectivity index (χ2n) is 6.50. The Balaban J connectivity index is 1.60. The van der Waals surface area contributed by atoms with Crippen molar-refractivity contribution >= 4 is 11.9 Å². The van der Waals surface area contributed by atoms with Crippen molar-refractivity contribution in [2.75, 3.05) is 13.2 Å². The molecule has 3 aliphatic heterocycles. The summed E-state index contributed by atoms with van der Waals surface area (Å²) in [5.41, 5.74) is 0. The minimum Gasteiger partial charge on any atom is -0.481 e. The standard InChI is InChI=1S/C14H18O7/c15-13(16)9-7(1-5-3-19-5)11-12(21-11)8(2-6-4-20-6)10(9)14(17)18/h5-12H,1-4H2,(H,15,16)(H,17,18). The van der Waals surface area contributed by atoms with E-state index in [1.54, 1.807) is 0 Å². The summed E-state index contributed by atoms with van der Waals surface area (Å²) in [6, 6.07) is 0. The SMILES string of the molecule is O=C(O)C1C(CC2CO2)C2OC2C(CC2CO2)C1C(=O)O. The molecule has 4 aliphatic rings. The zero-order valence-corrected chi connectivity index (χ0v) is 11.4. The largest absolute Gasteiger partial charge is 0.481 e. The van der Waals surface area contributed by atoms with Gasteiger partial charge in [-0.15, -0.1) is 0 Å². The van der Waals surface area contributed by atoms with Crippen LogP contribution in [0.3, 0.4) is 0 Å². The van der Waals surface area contributed by atoms with Gasteiger partial charge in [-0.3, -0.25) is 9.59 Å². The lowest BCUT2D eigenvalue weighted by Gasteiger charge is -2.35. The van der Waals surface area contributed by atoms with Crippen LogP contribution in [-0.4, -0.2) is 59.8 Å². The predicted octanol–water partition coefficient (Wildman–Crippen LogP) is -0.0208. The Kier molecular flexibility index (Phi) is 2.99. The number of epoxide rings is 3. The van der Waals surface area contributed by atoms with E-state index >= 15 is 0 Å². The molecule has 4 fully saturated rings. The van der Waals surface area contributed by atoms with E-state index in [4.69, 9.17) is 14.2 Å². The number of rotatable bonds is 6. The minimum atomic E-state index is -1.04. The maximum Gasteiger partial charge on any atom is 0.307 e. The van der Waals surface area contributed by atoms with E-state index in [0.29, 0.717) is 26.1 Å². The molecule has 0 radical (unpaired) electrons. The van der Waals surface area contributed by atoms with Crippen LogP contribution < -0.4 is 0 Å². The highest BCUT2D eigenvalue weighted by molar-refractivity contribution is 5.81. The van der Waals surface area contributed by atoms with Crippen molar-refractivity contribution in [2.24, 2.45) is 23.7 Å². The molecule has 8 atom stereocenters. The molecule has 0 aromatic rings. The Bertz CT molecular complexity index is 428. The van der Waals surface area contributed by atoms with Crippen molar-refractivity contribution < 1.29 is 34.0 Å². The molecule has 0 spiro atoms. The summed E-state index contributed by atoms with van der Waals surface area (Å²) >= 11 is 0. The lowest BCUT2D eigenvalue weighted by Crippen LogP contribution is -2.48. The number of hydrogen-bond donors (Lipinski definition) is 2. The molecule has 0 aromatic carbocycles. The average Bonchev–Trinajstić information content (AvgIpc) is 3.23. The van der Waals surface area contributed by atoms with Crippen molar-refractivity contribution in [1.82, 2.24) is 0 Å². The lowest BCUT2D eigenvalue weighted by molar-refractivity contribution is -0.161. The zero-order chi connectivity index (χ0) is 14.7. The van der Waals surface area contributed by atoms with Crippen LogP contribution in [0.5, 0.6) is 0 Å². The Morgan fingerprint density at radius 1 is 0.857 bits per heavy atom. The summed E-state index contributed by atoms with van der Waals surface area (Å²) in [6.07, 6.45) is 1.03. The summed E-state index contributed by atoms with van der Waals surface area (Å²) in [5.74, 6) is -4.42. The number of carboxylic acid groups (broad SMARTS) is 2. The third-order valence-corrected chi connectivity index (χ3v) is 5.16. The highest BCUT2D eigenvalue weighted by Gasteiger charge is 2.65. The zero-order valence-electron chi connectivity index (χ0n) is 11.4. The van der Waals surface area contributed by atoms with Gasteiger partial charge in [-0.05, 0) is 12.8 Å². The quantitative estimate of drug-likeness (QED) is 0.663. The van der Waals surface area contributed by atoms with Crippen LogP contribution in [0.15, 0.2) is 0 Å². The molecule has 0 aromatic heterocycles. The van der Waals surface area contributed by atoms with Gasteiger partial charge in [-0.1, -0.05) is 0 Å². The van der Waals surface area contributed by atoms with E-state index in [-0.39, 0.29) is 36.3 Å². The summed E-state index contributed by atoms with van der Waals surface area (Å²) in [7, 11) is 0. The number of carboxylic acids is 2. The number of fused-ring (bicyclic) bond motifs is 1. The van der Waals surface area contributed by atoms with E-state index in [0.717, 1.165) is 0 Å². The second kappa shape index (κ2) is 4.66. The predicted molar refractivity (Wildman–Crippen MR) is 66.6 cm³/mol. The van der Waals surface area contributed by atoms with Gasteiger partial charge in [0.05, 0.1) is 49.5 Å². The fraction of sp³-hybridized carbons (Fsp3) is 0.857. The third kappa shape index (κ3) is 2.43. The molecule has 0 amide bonds. The number of aliphatic carboxylic acids is 2. The van der Waals surface area contributed by atoms with Crippen molar-refractivity contribution in [1.29, 1.82) is 0 Å². The molecule has 21 heavy (non-hydrogen) atoms. The number of ether oxygens (including phenoxy) is 3. The fourth-order valence-corrected chi connectivity index (χ4v) is 4.02. The minimum absolute atomic E-state index is 0.0689. The first-order chi connectivity index (χ1) is 10.1. The van der Waals surface area contributed by atoms with Crippen LogP contribution in [0.1, 0.15) is 12.8 Å². The molecule has 2 N–H and O–H groups in total. The molecule has 1 saturated carbocycles. The van der Waals surface area contributed by atoms with Crippen LogP contribution in [0.25, 0.3) is 0 Å². The molecule has 3 heterocycles. The summed E-state index contributed by atoms with van der Waals surface area (Å²) in [6.45, 7) is 1.27. The topological polar surface area (TPSA) is 112 Å². The Hall–Kier alpha value is -1.18. The summed E-state index contributed by atoms with van der Waals surface area (Å²) < 4.78 is 16.1. The Labute approximate surface area is 121 Å². The molecule has 7 heteroatoms. The van der Waals surface area contributed by atoms with Gasteiger partial charge in [0.1, 0.15) is 0 Å². The second-order valence-corrected chi connectivity index (χ2v) is 6.50. The molecule has 116 valence electrons. The fourth-order valence-electron chi connectivity index (χ4n) is 4.02. The monoisotopic (exact) mass is 298 g/mol. The van der Waals surface area contributed by atoms with Gasteiger partial charge in [-0.25, -0.2) is 0 Å². The van der Waals surface area contributed by atoms with Crippen LogP contribution in [0, 0.1) is 23.7 Å². The van der Waals surface area contributed by atoms with Crippen molar-refractivity contribution in [3.05, 3.63) is 0 Å². The molecule has 8 unspecified atom stereocenters. The highest BCUT2D eigenvalue weighted by Crippen LogP contribution is 2.54. The van der Waals surface area contributed by atoms with E-state index in [1.165, 1.54) is 0 Å². The summed E-state index contributed by atoms with van der Waals surface area (Å²) in [5, 5.41) is 19.1. The number of hydrogen-bond acceptors (Lipinski definition) is 5. The maximum atomic E-state index is 11.7. The smallest absolute Gasteiger partial charge is 0.307 e. The normalized spacial score (nSPS) is 50.1. The van der Waals surface area contributed by atoms with Crippen LogP contribution in [0.2, 0.25) is 0 Å². The lowest BCUT2D eigenvalue weighted by atomic mass is 9.64. The first-order valence-corrected chi connectivity index (χ1v) is 7.40. The van der Waals surface area contributed by atoms with Crippen molar-refractivity contribution in [3.8, 4) is 0 Å². The van der Waals surface area contributed by atoms with Crippen LogP contribution >= 0.6 is 0 Å². The van der Waals surface area contributed by atoms with Gasteiger partial charge in [0.2, 0.25) is 0 Å². The van der Waals surface area contributed by atoms with Crippen molar-refractivity contribution in [3.63, 3.8) is 0 Å². The molecule has 3 saturated heterocycles. The molecular formula is C14H18O7.